The van der Waals surface area contributed by atoms with Crippen LogP contribution in [0.2, 0.25) is 0 Å². The van der Waals surface area contributed by atoms with Crippen molar-refractivity contribution >= 4 is 24.4 Å². The molecule has 0 aromatic heterocycles. The molecule has 6 nitrogen and oxygen atoms in total. The van der Waals surface area contributed by atoms with Crippen LogP contribution in [0.3, 0.4) is 0 Å². The summed E-state index contributed by atoms with van der Waals surface area (Å²) in [4.78, 5) is 37.3. The Balaban J connectivity index is 2.28. The zero-order valence-corrected chi connectivity index (χ0v) is 11.5. The fourth-order valence-electron chi connectivity index (χ4n) is 2.10. The van der Waals surface area contributed by atoms with Crippen molar-refractivity contribution in [3.8, 4) is 0 Å². The van der Waals surface area contributed by atoms with Gasteiger partial charge in [0.2, 0.25) is 11.8 Å². The molecule has 0 unspecified atom stereocenters. The second kappa shape index (κ2) is 6.45. The third kappa shape index (κ3) is 4.81. The molecular formula is C13H21N3O3. The standard InChI is InChI=1S/C13H21N3O3/c1-9(2)6-13(4-5-13)12(19)16-8-11(18)15-7-10(17)14-3/h9H,3-8H2,1-2H3,(H,15,18)(H,16,19). The molecule has 0 aliphatic heterocycles. The van der Waals surface area contributed by atoms with Crippen LogP contribution in [-0.4, -0.2) is 37.5 Å². The van der Waals surface area contributed by atoms with Crippen LogP contribution in [0, 0.1) is 11.3 Å². The molecule has 0 bridgehead atoms. The molecular weight excluding hydrogens is 246 g/mol. The van der Waals surface area contributed by atoms with Crippen LogP contribution >= 0.6 is 0 Å². The Hall–Kier alpha value is -1.72. The summed E-state index contributed by atoms with van der Waals surface area (Å²) in [6, 6.07) is 0. The first-order chi connectivity index (χ1) is 8.89. The Bertz CT molecular complexity index is 387. The number of carbonyl (C=O) groups is 3. The minimum Gasteiger partial charge on any atom is -0.347 e. The first-order valence-electron chi connectivity index (χ1n) is 6.44. The van der Waals surface area contributed by atoms with Crippen LogP contribution in [-0.2, 0) is 14.4 Å². The van der Waals surface area contributed by atoms with Crippen LogP contribution in [0.1, 0.15) is 33.1 Å². The van der Waals surface area contributed by atoms with Gasteiger partial charge in [0.15, 0.2) is 0 Å². The lowest BCUT2D eigenvalue weighted by atomic mass is 9.93. The number of hydrogen-bond acceptors (Lipinski definition) is 3. The molecule has 1 aliphatic rings. The molecule has 0 aromatic carbocycles. The van der Waals surface area contributed by atoms with Gasteiger partial charge >= 0.3 is 0 Å². The minimum absolute atomic E-state index is 0.0653. The Kier molecular flexibility index (Phi) is 5.20. The van der Waals surface area contributed by atoms with E-state index in [1.54, 1.807) is 0 Å². The lowest BCUT2D eigenvalue weighted by Gasteiger charge is -2.17. The van der Waals surface area contributed by atoms with Crippen molar-refractivity contribution in [3.63, 3.8) is 0 Å². The van der Waals surface area contributed by atoms with E-state index in [4.69, 9.17) is 0 Å². The third-order valence-corrected chi connectivity index (χ3v) is 3.16. The number of carbonyl (C=O) groups excluding carboxylic acids is 3. The van der Waals surface area contributed by atoms with Crippen molar-refractivity contribution in [1.29, 1.82) is 0 Å². The maximum atomic E-state index is 12.0. The minimum atomic E-state index is -0.502. The molecule has 1 rings (SSSR count). The van der Waals surface area contributed by atoms with E-state index in [9.17, 15) is 14.4 Å². The van der Waals surface area contributed by atoms with Crippen LogP contribution in [0.5, 0.6) is 0 Å². The van der Waals surface area contributed by atoms with Crippen molar-refractivity contribution in [2.24, 2.45) is 16.3 Å². The van der Waals surface area contributed by atoms with Crippen LogP contribution in [0.15, 0.2) is 4.99 Å². The summed E-state index contributed by atoms with van der Waals surface area (Å²) in [5, 5.41) is 4.99. The van der Waals surface area contributed by atoms with E-state index in [-0.39, 0.29) is 24.4 Å². The average molecular weight is 267 g/mol. The zero-order valence-electron chi connectivity index (χ0n) is 11.5. The highest BCUT2D eigenvalue weighted by molar-refractivity contribution is 5.91. The average Bonchev–Trinajstić information content (AvgIpc) is 3.12. The topological polar surface area (TPSA) is 87.6 Å². The third-order valence-electron chi connectivity index (χ3n) is 3.16. The summed E-state index contributed by atoms with van der Waals surface area (Å²) in [7, 11) is 0. The lowest BCUT2D eigenvalue weighted by molar-refractivity contribution is -0.130. The van der Waals surface area contributed by atoms with E-state index in [2.05, 4.69) is 36.2 Å². The van der Waals surface area contributed by atoms with Gasteiger partial charge in [-0.05, 0) is 31.9 Å². The fraction of sp³-hybridized carbons (Fsp3) is 0.692. The van der Waals surface area contributed by atoms with E-state index in [1.165, 1.54) is 0 Å². The van der Waals surface area contributed by atoms with E-state index in [0.717, 1.165) is 19.3 Å². The van der Waals surface area contributed by atoms with Crippen molar-refractivity contribution in [3.05, 3.63) is 0 Å². The Morgan fingerprint density at radius 1 is 1.21 bits per heavy atom. The first-order valence-corrected chi connectivity index (χ1v) is 6.44. The number of hydrogen-bond donors (Lipinski definition) is 2. The van der Waals surface area contributed by atoms with Crippen molar-refractivity contribution < 1.29 is 14.4 Å². The molecule has 2 N–H and O–H groups in total. The molecule has 19 heavy (non-hydrogen) atoms. The number of aliphatic imine (C=N–C) groups is 1. The predicted molar refractivity (Wildman–Crippen MR) is 71.7 cm³/mol. The molecule has 3 amide bonds. The highest BCUT2D eigenvalue weighted by Gasteiger charge is 2.49. The molecule has 0 aromatic rings. The summed E-state index contributed by atoms with van der Waals surface area (Å²) in [6.07, 6.45) is 2.62. The molecule has 0 radical (unpaired) electrons. The maximum absolute atomic E-state index is 12.0. The van der Waals surface area contributed by atoms with Gasteiger partial charge in [0.05, 0.1) is 13.1 Å². The van der Waals surface area contributed by atoms with Crippen LogP contribution in [0.25, 0.3) is 0 Å². The predicted octanol–water partition coefficient (Wildman–Crippen LogP) is 0.272. The van der Waals surface area contributed by atoms with Crippen LogP contribution < -0.4 is 10.6 Å². The van der Waals surface area contributed by atoms with Crippen molar-refractivity contribution in [2.45, 2.75) is 33.1 Å². The van der Waals surface area contributed by atoms with Gasteiger partial charge in [-0.2, -0.15) is 0 Å². The number of nitrogens with one attached hydrogen (secondary N) is 2. The van der Waals surface area contributed by atoms with Gasteiger partial charge in [-0.1, -0.05) is 13.8 Å². The molecule has 0 heterocycles. The summed E-state index contributed by atoms with van der Waals surface area (Å²) < 4.78 is 0. The summed E-state index contributed by atoms with van der Waals surface area (Å²) in [5.41, 5.74) is -0.271. The number of rotatable bonds is 7. The Morgan fingerprint density at radius 3 is 2.32 bits per heavy atom. The number of amides is 3. The number of nitrogens with zero attached hydrogens (tertiary/aromatic N) is 1. The largest absolute Gasteiger partial charge is 0.347 e. The molecule has 6 heteroatoms. The van der Waals surface area contributed by atoms with Gasteiger partial charge in [0, 0.05) is 5.41 Å². The quantitative estimate of drug-likeness (QED) is 0.649. The Morgan fingerprint density at radius 2 is 1.84 bits per heavy atom. The van der Waals surface area contributed by atoms with Gasteiger partial charge in [0.25, 0.3) is 5.91 Å². The fourth-order valence-corrected chi connectivity index (χ4v) is 2.10. The van der Waals surface area contributed by atoms with E-state index < -0.39 is 11.8 Å². The maximum Gasteiger partial charge on any atom is 0.264 e. The normalized spacial score (nSPS) is 15.7. The second-order valence-electron chi connectivity index (χ2n) is 5.39. The zero-order chi connectivity index (χ0) is 14.5. The Labute approximate surface area is 113 Å². The molecule has 0 atom stereocenters. The molecule has 0 spiro atoms. The van der Waals surface area contributed by atoms with E-state index in [1.807, 2.05) is 0 Å². The van der Waals surface area contributed by atoms with Crippen LogP contribution in [0.4, 0.5) is 0 Å². The smallest absolute Gasteiger partial charge is 0.264 e. The molecule has 1 fully saturated rings. The van der Waals surface area contributed by atoms with E-state index in [0.29, 0.717) is 5.92 Å². The summed E-state index contributed by atoms with van der Waals surface area (Å²) >= 11 is 0. The summed E-state index contributed by atoms with van der Waals surface area (Å²) in [6.45, 7) is 6.92. The molecule has 0 saturated heterocycles. The van der Waals surface area contributed by atoms with Gasteiger partial charge in [-0.25, -0.2) is 4.99 Å². The van der Waals surface area contributed by atoms with Crippen molar-refractivity contribution in [2.75, 3.05) is 13.1 Å². The van der Waals surface area contributed by atoms with Gasteiger partial charge in [-0.3, -0.25) is 14.4 Å². The highest BCUT2D eigenvalue weighted by atomic mass is 16.2. The van der Waals surface area contributed by atoms with Crippen molar-refractivity contribution in [1.82, 2.24) is 10.6 Å². The molecule has 1 saturated carbocycles. The van der Waals surface area contributed by atoms with Gasteiger partial charge in [-0.15, -0.1) is 0 Å². The molecule has 1 aliphatic carbocycles. The van der Waals surface area contributed by atoms with Gasteiger partial charge in [0.1, 0.15) is 0 Å². The first kappa shape index (κ1) is 15.3. The summed E-state index contributed by atoms with van der Waals surface area (Å²) in [5.74, 6) is -0.508. The second-order valence-corrected chi connectivity index (χ2v) is 5.39. The lowest BCUT2D eigenvalue weighted by Crippen LogP contribution is -2.41. The van der Waals surface area contributed by atoms with E-state index >= 15 is 0 Å². The molecule has 106 valence electrons. The monoisotopic (exact) mass is 267 g/mol. The van der Waals surface area contributed by atoms with Gasteiger partial charge < -0.3 is 10.6 Å². The highest BCUT2D eigenvalue weighted by Crippen LogP contribution is 2.50. The SMILES string of the molecule is C=NC(=O)CNC(=O)CNC(=O)C1(CC(C)C)CC1.